The molecule has 2 rings (SSSR count). The lowest BCUT2D eigenvalue weighted by atomic mass is 10.1. The highest BCUT2D eigenvalue weighted by Crippen LogP contribution is 2.16. The molecule has 0 spiro atoms. The summed E-state index contributed by atoms with van der Waals surface area (Å²) in [5, 5.41) is 12.7. The Hall–Kier alpha value is -1.33. The number of nitrogens with one attached hydrogen (secondary N) is 1. The molecular formula is C14H23N3O2. The van der Waals surface area contributed by atoms with Gasteiger partial charge in [-0.1, -0.05) is 0 Å². The minimum atomic E-state index is -0.487. The first kappa shape index (κ1) is 14.1. The van der Waals surface area contributed by atoms with Gasteiger partial charge in [-0.2, -0.15) is 0 Å². The number of hydrogen-bond acceptors (Lipinski definition) is 3. The van der Waals surface area contributed by atoms with Gasteiger partial charge in [-0.15, -0.1) is 0 Å². The predicted octanol–water partition coefficient (Wildman–Crippen LogP) is 0.648. The van der Waals surface area contributed by atoms with Crippen molar-refractivity contribution in [3.63, 3.8) is 0 Å². The fraction of sp³-hybridized carbons (Fsp3) is 0.643. The molecule has 2 atom stereocenters. The van der Waals surface area contributed by atoms with Gasteiger partial charge < -0.3 is 19.9 Å². The maximum absolute atomic E-state index is 12.1. The van der Waals surface area contributed by atoms with E-state index < -0.39 is 6.10 Å². The number of nitrogens with zero attached hydrogens (tertiary/aromatic N) is 2. The first-order chi connectivity index (χ1) is 8.77. The first-order valence-corrected chi connectivity index (χ1v) is 6.63. The number of aliphatic hydroxyl groups is 1. The number of aromatic nitrogens is 1. The third-order valence-electron chi connectivity index (χ3n) is 3.52. The minimum absolute atomic E-state index is 0.0361. The van der Waals surface area contributed by atoms with Crippen LogP contribution in [0.4, 0.5) is 0 Å². The topological polar surface area (TPSA) is 57.5 Å². The van der Waals surface area contributed by atoms with Crippen LogP contribution >= 0.6 is 0 Å². The Morgan fingerprint density at radius 2 is 2.11 bits per heavy atom. The van der Waals surface area contributed by atoms with E-state index in [-0.39, 0.29) is 17.5 Å². The number of β-amino-alcohol motifs (C(OH)–C–C–N with tert-alkyl or cyclic N) is 1. The van der Waals surface area contributed by atoms with Gasteiger partial charge in [0.15, 0.2) is 0 Å². The van der Waals surface area contributed by atoms with Gasteiger partial charge in [-0.05, 0) is 33.9 Å². The van der Waals surface area contributed by atoms with E-state index in [1.54, 1.807) is 0 Å². The molecule has 5 heteroatoms. The number of carbonyl (C=O) groups excluding carboxylic acids is 1. The van der Waals surface area contributed by atoms with E-state index in [2.05, 4.69) is 26.1 Å². The van der Waals surface area contributed by atoms with Crippen LogP contribution in [-0.4, -0.2) is 52.8 Å². The molecule has 1 aromatic rings. The summed E-state index contributed by atoms with van der Waals surface area (Å²) >= 11 is 0. The normalized spacial score (nSPS) is 24.7. The number of likely N-dealkylation sites (tertiary alicyclic amines) is 1. The van der Waals surface area contributed by atoms with Crippen molar-refractivity contribution in [3.05, 3.63) is 24.0 Å². The Labute approximate surface area is 114 Å². The maximum Gasteiger partial charge on any atom is 0.253 e. The van der Waals surface area contributed by atoms with Crippen LogP contribution in [0.2, 0.25) is 0 Å². The van der Waals surface area contributed by atoms with Crippen molar-refractivity contribution in [2.75, 3.05) is 20.1 Å². The van der Waals surface area contributed by atoms with Crippen molar-refractivity contribution < 1.29 is 9.90 Å². The highest BCUT2D eigenvalue weighted by Gasteiger charge is 2.30. The van der Waals surface area contributed by atoms with Crippen LogP contribution in [0.15, 0.2) is 18.5 Å². The number of aliphatic hydroxyl groups excluding tert-OH is 1. The highest BCUT2D eigenvalue weighted by atomic mass is 16.3. The van der Waals surface area contributed by atoms with Crippen LogP contribution in [0, 0.1) is 0 Å². The third kappa shape index (κ3) is 3.16. The van der Waals surface area contributed by atoms with E-state index in [0.29, 0.717) is 18.7 Å². The number of carbonyl (C=O) groups is 1. The second-order valence-electron chi connectivity index (χ2n) is 6.35. The van der Waals surface area contributed by atoms with Crippen molar-refractivity contribution in [2.45, 2.75) is 38.5 Å². The fourth-order valence-electron chi connectivity index (χ4n) is 2.32. The summed E-state index contributed by atoms with van der Waals surface area (Å²) in [4.78, 5) is 14.1. The average molecular weight is 265 g/mol. The SMILES string of the molecule is CN1C[C@@H](O)[C@H](NC(=O)c2ccn(C(C)(C)C)c2)C1. The van der Waals surface area contributed by atoms with Gasteiger partial charge in [0.1, 0.15) is 0 Å². The first-order valence-electron chi connectivity index (χ1n) is 6.63. The van der Waals surface area contributed by atoms with Gasteiger partial charge >= 0.3 is 0 Å². The average Bonchev–Trinajstić information content (AvgIpc) is 2.85. The number of hydrogen-bond donors (Lipinski definition) is 2. The van der Waals surface area contributed by atoms with Gasteiger partial charge in [-0.3, -0.25) is 4.79 Å². The molecule has 1 aliphatic heterocycles. The van der Waals surface area contributed by atoms with Crippen LogP contribution in [0.3, 0.4) is 0 Å². The van der Waals surface area contributed by atoms with E-state index >= 15 is 0 Å². The number of amides is 1. The Balaban J connectivity index is 2.02. The van der Waals surface area contributed by atoms with Gasteiger partial charge in [0, 0.05) is 31.0 Å². The largest absolute Gasteiger partial charge is 0.390 e. The lowest BCUT2D eigenvalue weighted by Crippen LogP contribution is -2.42. The zero-order chi connectivity index (χ0) is 14.2. The van der Waals surface area contributed by atoms with E-state index in [1.807, 2.05) is 35.0 Å². The van der Waals surface area contributed by atoms with Crippen molar-refractivity contribution in [1.29, 1.82) is 0 Å². The molecule has 1 amide bonds. The van der Waals surface area contributed by atoms with Crippen LogP contribution in [-0.2, 0) is 5.54 Å². The summed E-state index contributed by atoms with van der Waals surface area (Å²) in [5.74, 6) is -0.123. The Kier molecular flexibility index (Phi) is 3.69. The molecule has 1 aliphatic rings. The lowest BCUT2D eigenvalue weighted by Gasteiger charge is -2.21. The molecule has 19 heavy (non-hydrogen) atoms. The van der Waals surface area contributed by atoms with Crippen molar-refractivity contribution in [2.24, 2.45) is 0 Å². The number of rotatable bonds is 2. The Bertz CT molecular complexity index is 462. The zero-order valence-corrected chi connectivity index (χ0v) is 12.1. The molecule has 2 heterocycles. The summed E-state index contributed by atoms with van der Waals surface area (Å²) < 4.78 is 2.01. The summed E-state index contributed by atoms with van der Waals surface area (Å²) in [6.07, 6.45) is 3.27. The fourth-order valence-corrected chi connectivity index (χ4v) is 2.32. The van der Waals surface area contributed by atoms with Crippen LogP contribution in [0.5, 0.6) is 0 Å². The molecule has 2 N–H and O–H groups in total. The van der Waals surface area contributed by atoms with E-state index in [9.17, 15) is 9.90 Å². The molecule has 0 aliphatic carbocycles. The summed E-state index contributed by atoms with van der Waals surface area (Å²) in [6, 6.07) is 1.63. The van der Waals surface area contributed by atoms with E-state index in [0.717, 1.165) is 0 Å². The smallest absolute Gasteiger partial charge is 0.253 e. The monoisotopic (exact) mass is 265 g/mol. The zero-order valence-electron chi connectivity index (χ0n) is 12.1. The standard InChI is InChI=1S/C14H23N3O2/c1-14(2,3)17-6-5-10(7-17)13(19)15-11-8-16(4)9-12(11)18/h5-7,11-12,18H,8-9H2,1-4H3,(H,15,19)/t11-,12-/m1/s1. The van der Waals surface area contributed by atoms with Crippen molar-refractivity contribution in [3.8, 4) is 0 Å². The minimum Gasteiger partial charge on any atom is -0.390 e. The Morgan fingerprint density at radius 3 is 2.58 bits per heavy atom. The molecule has 0 radical (unpaired) electrons. The molecule has 1 saturated heterocycles. The summed E-state index contributed by atoms with van der Waals surface area (Å²) in [6.45, 7) is 7.56. The highest BCUT2D eigenvalue weighted by molar-refractivity contribution is 5.94. The third-order valence-corrected chi connectivity index (χ3v) is 3.52. The summed E-state index contributed by atoms with van der Waals surface area (Å²) in [7, 11) is 1.94. The molecular weight excluding hydrogens is 242 g/mol. The van der Waals surface area contributed by atoms with Gasteiger partial charge in [-0.25, -0.2) is 0 Å². The van der Waals surface area contributed by atoms with Crippen molar-refractivity contribution in [1.82, 2.24) is 14.8 Å². The van der Waals surface area contributed by atoms with Crippen LogP contribution in [0.1, 0.15) is 31.1 Å². The molecule has 1 fully saturated rings. The molecule has 5 nitrogen and oxygen atoms in total. The van der Waals surface area contributed by atoms with Crippen molar-refractivity contribution >= 4 is 5.91 Å². The maximum atomic E-state index is 12.1. The van der Waals surface area contributed by atoms with E-state index in [4.69, 9.17) is 0 Å². The van der Waals surface area contributed by atoms with Gasteiger partial charge in [0.2, 0.25) is 0 Å². The summed E-state index contributed by atoms with van der Waals surface area (Å²) in [5.41, 5.74) is 0.600. The molecule has 1 aromatic heterocycles. The van der Waals surface area contributed by atoms with Crippen LogP contribution in [0.25, 0.3) is 0 Å². The molecule has 0 bridgehead atoms. The molecule has 0 unspecified atom stereocenters. The molecule has 106 valence electrons. The lowest BCUT2D eigenvalue weighted by molar-refractivity contribution is 0.0888. The number of likely N-dealkylation sites (N-methyl/N-ethyl adjacent to an activating group) is 1. The predicted molar refractivity (Wildman–Crippen MR) is 74.2 cm³/mol. The van der Waals surface area contributed by atoms with E-state index in [1.165, 1.54) is 0 Å². The molecule has 0 aromatic carbocycles. The van der Waals surface area contributed by atoms with Crippen LogP contribution < -0.4 is 5.32 Å². The van der Waals surface area contributed by atoms with Gasteiger partial charge in [0.05, 0.1) is 17.7 Å². The Morgan fingerprint density at radius 1 is 1.42 bits per heavy atom. The second-order valence-corrected chi connectivity index (χ2v) is 6.35. The quantitative estimate of drug-likeness (QED) is 0.825. The molecule has 0 saturated carbocycles. The second kappa shape index (κ2) is 4.98. The van der Waals surface area contributed by atoms with Gasteiger partial charge in [0.25, 0.3) is 5.91 Å².